The first-order valence-corrected chi connectivity index (χ1v) is 11.6. The molecule has 2 aromatic carbocycles. The number of ether oxygens (including phenoxy) is 1. The molecule has 0 spiro atoms. The molecule has 0 saturated carbocycles. The van der Waals surface area contributed by atoms with Crippen LogP contribution in [0.4, 0.5) is 16.3 Å². The summed E-state index contributed by atoms with van der Waals surface area (Å²) in [5.41, 5.74) is 2.59. The summed E-state index contributed by atoms with van der Waals surface area (Å²) in [5.74, 6) is 2.35. The molecular weight excluding hydrogens is 422 g/mol. The fraction of sp³-hybridized carbons (Fsp3) is 0.292. The third-order valence-corrected chi connectivity index (χ3v) is 6.23. The summed E-state index contributed by atoms with van der Waals surface area (Å²) in [4.78, 5) is 24.8. The van der Waals surface area contributed by atoms with E-state index in [9.17, 15) is 4.79 Å². The van der Waals surface area contributed by atoms with Gasteiger partial charge in [0, 0.05) is 41.6 Å². The van der Waals surface area contributed by atoms with Crippen LogP contribution < -0.4 is 15.5 Å². The zero-order valence-corrected chi connectivity index (χ0v) is 19.1. The molecule has 1 saturated heterocycles. The Morgan fingerprint density at radius 1 is 1.16 bits per heavy atom. The van der Waals surface area contributed by atoms with Crippen molar-refractivity contribution in [2.45, 2.75) is 23.6 Å². The van der Waals surface area contributed by atoms with Crippen molar-refractivity contribution in [3.8, 4) is 11.4 Å². The average Bonchev–Trinajstić information content (AvgIpc) is 2.84. The normalized spacial score (nSPS) is 15.9. The molecule has 2 amide bonds. The van der Waals surface area contributed by atoms with Gasteiger partial charge >= 0.3 is 6.03 Å². The Hall–Kier alpha value is -3.10. The van der Waals surface area contributed by atoms with Gasteiger partial charge in [0.15, 0.2) is 5.82 Å². The largest absolute Gasteiger partial charge is 0.377 e. The van der Waals surface area contributed by atoms with Gasteiger partial charge in [-0.05, 0) is 43.3 Å². The van der Waals surface area contributed by atoms with Gasteiger partial charge < -0.3 is 20.3 Å². The molecule has 4 rings (SSSR count). The lowest BCUT2D eigenvalue weighted by Gasteiger charge is -2.34. The highest BCUT2D eigenvalue weighted by atomic mass is 32.2. The van der Waals surface area contributed by atoms with Gasteiger partial charge in [-0.2, -0.15) is 0 Å². The summed E-state index contributed by atoms with van der Waals surface area (Å²) in [7, 11) is 1.59. The lowest BCUT2D eigenvalue weighted by atomic mass is 10.2. The molecule has 32 heavy (non-hydrogen) atoms. The second kappa shape index (κ2) is 10.5. The molecule has 8 heteroatoms. The van der Waals surface area contributed by atoms with Crippen LogP contribution in [-0.2, 0) is 10.5 Å². The Morgan fingerprint density at radius 2 is 1.94 bits per heavy atom. The number of carbonyl (C=O) groups excluding carboxylic acids is 1. The van der Waals surface area contributed by atoms with Crippen LogP contribution in [-0.4, -0.2) is 48.8 Å². The second-order valence-electron chi connectivity index (χ2n) is 7.54. The SMILES string of the molecule is CNC(=O)Nc1ccc(-c2nc(CSc3ccccc3)cc(N3CCOC[C@@H]3C)n2)cc1. The summed E-state index contributed by atoms with van der Waals surface area (Å²) >= 11 is 1.76. The molecule has 1 aromatic heterocycles. The second-order valence-corrected chi connectivity index (χ2v) is 8.59. The number of hydrogen-bond donors (Lipinski definition) is 2. The summed E-state index contributed by atoms with van der Waals surface area (Å²) in [5, 5.41) is 5.32. The molecule has 0 aliphatic carbocycles. The van der Waals surface area contributed by atoms with Crippen LogP contribution in [0.15, 0.2) is 65.6 Å². The number of benzene rings is 2. The Kier molecular flexibility index (Phi) is 7.24. The van der Waals surface area contributed by atoms with E-state index in [0.717, 1.165) is 29.4 Å². The first kappa shape index (κ1) is 22.1. The minimum Gasteiger partial charge on any atom is -0.377 e. The van der Waals surface area contributed by atoms with Gasteiger partial charge in [-0.25, -0.2) is 14.8 Å². The molecule has 1 aliphatic rings. The van der Waals surface area contributed by atoms with Crippen molar-refractivity contribution in [3.05, 3.63) is 66.4 Å². The number of nitrogens with zero attached hydrogens (tertiary/aromatic N) is 3. The van der Waals surface area contributed by atoms with Gasteiger partial charge in [-0.3, -0.25) is 0 Å². The van der Waals surface area contributed by atoms with E-state index in [-0.39, 0.29) is 12.1 Å². The predicted octanol–water partition coefficient (Wildman–Crippen LogP) is 4.41. The van der Waals surface area contributed by atoms with Gasteiger partial charge in [0.05, 0.1) is 24.9 Å². The van der Waals surface area contributed by atoms with E-state index in [0.29, 0.717) is 24.7 Å². The lowest BCUT2D eigenvalue weighted by Crippen LogP contribution is -2.44. The van der Waals surface area contributed by atoms with E-state index in [1.54, 1.807) is 18.8 Å². The molecule has 0 bridgehead atoms. The molecule has 1 atom stereocenters. The smallest absolute Gasteiger partial charge is 0.318 e. The maximum absolute atomic E-state index is 11.6. The number of anilines is 2. The van der Waals surface area contributed by atoms with E-state index in [1.165, 1.54) is 4.90 Å². The van der Waals surface area contributed by atoms with E-state index < -0.39 is 0 Å². The van der Waals surface area contributed by atoms with Crippen molar-refractivity contribution >= 4 is 29.3 Å². The molecule has 0 radical (unpaired) electrons. The third kappa shape index (κ3) is 5.57. The van der Waals surface area contributed by atoms with Crippen LogP contribution in [0.1, 0.15) is 12.6 Å². The minimum absolute atomic E-state index is 0.250. The number of aromatic nitrogens is 2. The molecular formula is C24H27N5O2S. The van der Waals surface area contributed by atoms with Gasteiger partial charge in [-0.15, -0.1) is 11.8 Å². The third-order valence-electron chi connectivity index (χ3n) is 5.19. The predicted molar refractivity (Wildman–Crippen MR) is 129 cm³/mol. The van der Waals surface area contributed by atoms with Crippen molar-refractivity contribution < 1.29 is 9.53 Å². The number of thioether (sulfide) groups is 1. The summed E-state index contributed by atoms with van der Waals surface area (Å²) in [6.45, 7) is 4.33. The summed E-state index contributed by atoms with van der Waals surface area (Å²) < 4.78 is 5.61. The van der Waals surface area contributed by atoms with Crippen molar-refractivity contribution in [3.63, 3.8) is 0 Å². The van der Waals surface area contributed by atoms with Crippen molar-refractivity contribution in [1.29, 1.82) is 0 Å². The minimum atomic E-state index is -0.252. The van der Waals surface area contributed by atoms with Crippen LogP contribution in [0.5, 0.6) is 0 Å². The molecule has 0 unspecified atom stereocenters. The van der Waals surface area contributed by atoms with Gasteiger partial charge in [0.25, 0.3) is 0 Å². The molecule has 2 heterocycles. The van der Waals surface area contributed by atoms with Crippen LogP contribution in [0, 0.1) is 0 Å². The first-order valence-electron chi connectivity index (χ1n) is 10.6. The Labute approximate surface area is 192 Å². The number of hydrogen-bond acceptors (Lipinski definition) is 6. The molecule has 3 aromatic rings. The lowest BCUT2D eigenvalue weighted by molar-refractivity contribution is 0.0985. The van der Waals surface area contributed by atoms with Crippen molar-refractivity contribution in [1.82, 2.24) is 15.3 Å². The Balaban J connectivity index is 1.62. The monoisotopic (exact) mass is 449 g/mol. The quantitative estimate of drug-likeness (QED) is 0.543. The molecule has 166 valence electrons. The number of urea groups is 1. The fourth-order valence-corrected chi connectivity index (χ4v) is 4.28. The Bertz CT molecular complexity index is 1050. The van der Waals surface area contributed by atoms with Crippen LogP contribution in [0.25, 0.3) is 11.4 Å². The van der Waals surface area contributed by atoms with Gasteiger partial charge in [-0.1, -0.05) is 18.2 Å². The summed E-state index contributed by atoms with van der Waals surface area (Å²) in [6, 6.07) is 20.0. The van der Waals surface area contributed by atoms with Crippen molar-refractivity contribution in [2.24, 2.45) is 0 Å². The number of amides is 2. The molecule has 1 fully saturated rings. The average molecular weight is 450 g/mol. The maximum Gasteiger partial charge on any atom is 0.318 e. The topological polar surface area (TPSA) is 79.4 Å². The standard InChI is InChI=1S/C24H27N5O2S/c1-17-15-31-13-12-29(17)22-14-20(16-32-21-6-4-3-5-7-21)26-23(28-22)18-8-10-19(11-9-18)27-24(30)25-2/h3-11,14,17H,12-13,15-16H2,1-2H3,(H2,25,27,30)/t17-/m0/s1. The van der Waals surface area contributed by atoms with Crippen LogP contribution in [0.2, 0.25) is 0 Å². The molecule has 7 nitrogen and oxygen atoms in total. The molecule has 1 aliphatic heterocycles. The van der Waals surface area contributed by atoms with E-state index in [2.05, 4.69) is 40.7 Å². The van der Waals surface area contributed by atoms with E-state index >= 15 is 0 Å². The van der Waals surface area contributed by atoms with Crippen LogP contribution >= 0.6 is 11.8 Å². The number of carbonyl (C=O) groups is 1. The number of rotatable bonds is 6. The Morgan fingerprint density at radius 3 is 2.66 bits per heavy atom. The van der Waals surface area contributed by atoms with Gasteiger partial charge in [0.1, 0.15) is 5.82 Å². The summed E-state index contributed by atoms with van der Waals surface area (Å²) in [6.07, 6.45) is 0. The first-order chi connectivity index (χ1) is 15.6. The number of morpholine rings is 1. The van der Waals surface area contributed by atoms with Crippen molar-refractivity contribution in [2.75, 3.05) is 37.0 Å². The maximum atomic E-state index is 11.6. The van der Waals surface area contributed by atoms with Gasteiger partial charge in [0.2, 0.25) is 0 Å². The fourth-order valence-electron chi connectivity index (χ4n) is 3.47. The highest BCUT2D eigenvalue weighted by molar-refractivity contribution is 7.98. The number of nitrogens with one attached hydrogen (secondary N) is 2. The van der Waals surface area contributed by atoms with E-state index in [1.807, 2.05) is 42.5 Å². The zero-order chi connectivity index (χ0) is 22.3. The van der Waals surface area contributed by atoms with E-state index in [4.69, 9.17) is 14.7 Å². The van der Waals surface area contributed by atoms with Crippen LogP contribution in [0.3, 0.4) is 0 Å². The highest BCUT2D eigenvalue weighted by Crippen LogP contribution is 2.28. The highest BCUT2D eigenvalue weighted by Gasteiger charge is 2.22. The molecule has 2 N–H and O–H groups in total. The zero-order valence-electron chi connectivity index (χ0n) is 18.2.